The Bertz CT molecular complexity index is 824. The minimum atomic E-state index is -2.10. The van der Waals surface area contributed by atoms with E-state index in [2.05, 4.69) is 51.8 Å². The molecule has 3 heteroatoms. The van der Waals surface area contributed by atoms with Crippen LogP contribution in [0.25, 0.3) is 5.57 Å². The van der Waals surface area contributed by atoms with E-state index in [0.717, 1.165) is 19.3 Å². The Labute approximate surface area is 192 Å². The fourth-order valence-corrected chi connectivity index (χ4v) is 9.29. The number of amides is 1. The molecule has 2 nitrogen and oxygen atoms in total. The van der Waals surface area contributed by atoms with Crippen molar-refractivity contribution in [3.05, 3.63) is 33.9 Å². The Balaban J connectivity index is 1.78. The summed E-state index contributed by atoms with van der Waals surface area (Å²) in [6, 6.07) is 2.40. The Morgan fingerprint density at radius 1 is 0.871 bits per heavy atom. The van der Waals surface area contributed by atoms with Crippen LogP contribution >= 0.6 is 0 Å². The number of hydrogen-bond donors (Lipinski definition) is 1. The summed E-state index contributed by atoms with van der Waals surface area (Å²) in [5.41, 5.74) is 8.66. The second-order valence-electron chi connectivity index (χ2n) is 10.9. The van der Waals surface area contributed by atoms with E-state index in [1.165, 1.54) is 96.4 Å². The minimum Gasteiger partial charge on any atom is -0.378 e. The molecule has 0 aromatic heterocycles. The van der Waals surface area contributed by atoms with Crippen LogP contribution in [0.1, 0.15) is 107 Å². The van der Waals surface area contributed by atoms with Crippen LogP contribution in [0.5, 0.6) is 0 Å². The molecular weight excluding hydrogens is 394 g/mol. The first kappa shape index (κ1) is 24.3. The molecule has 0 atom stereocenters. The first-order valence-corrected chi connectivity index (χ1v) is 15.8. The highest BCUT2D eigenvalue weighted by Gasteiger charge is 2.34. The van der Waals surface area contributed by atoms with Crippen LogP contribution in [0, 0.1) is 19.8 Å². The first-order valence-electron chi connectivity index (χ1n) is 12.8. The molecule has 1 amide bonds. The molecule has 0 aliphatic heterocycles. The van der Waals surface area contributed by atoms with Crippen molar-refractivity contribution >= 4 is 24.9 Å². The monoisotopic (exact) mass is 439 g/mol. The van der Waals surface area contributed by atoms with Crippen LogP contribution in [-0.2, 0) is 11.2 Å². The maximum Gasteiger partial charge on any atom is 0.215 e. The van der Waals surface area contributed by atoms with E-state index in [9.17, 15) is 4.79 Å². The number of rotatable bonds is 3. The van der Waals surface area contributed by atoms with Crippen molar-refractivity contribution in [3.63, 3.8) is 0 Å². The van der Waals surface area contributed by atoms with Gasteiger partial charge < -0.3 is 4.98 Å². The molecule has 0 radical (unpaired) electrons. The highest BCUT2D eigenvalue weighted by molar-refractivity contribution is 6.90. The highest BCUT2D eigenvalue weighted by Crippen LogP contribution is 2.35. The van der Waals surface area contributed by atoms with Gasteiger partial charge in [0, 0.05) is 5.92 Å². The zero-order chi connectivity index (χ0) is 22.6. The van der Waals surface area contributed by atoms with Crippen LogP contribution in [0.15, 0.2) is 11.6 Å². The quantitative estimate of drug-likeness (QED) is 0.500. The maximum absolute atomic E-state index is 13.5. The summed E-state index contributed by atoms with van der Waals surface area (Å²) in [5, 5.41) is 1.45. The van der Waals surface area contributed by atoms with Gasteiger partial charge in [0.2, 0.25) is 5.91 Å². The summed E-state index contributed by atoms with van der Waals surface area (Å²) in [6.45, 7) is 13.7. The fraction of sp³-hybridized carbons (Fsp3) is 0.679. The van der Waals surface area contributed by atoms with E-state index in [4.69, 9.17) is 0 Å². The van der Waals surface area contributed by atoms with E-state index in [1.54, 1.807) is 0 Å². The van der Waals surface area contributed by atoms with Crippen molar-refractivity contribution in [3.8, 4) is 0 Å². The van der Waals surface area contributed by atoms with E-state index < -0.39 is 8.24 Å². The van der Waals surface area contributed by atoms with Crippen molar-refractivity contribution in [1.29, 1.82) is 0 Å². The third-order valence-corrected chi connectivity index (χ3v) is 10.8. The summed E-state index contributed by atoms with van der Waals surface area (Å²) in [4.78, 5) is 17.1. The zero-order valence-corrected chi connectivity index (χ0v) is 22.0. The zero-order valence-electron chi connectivity index (χ0n) is 21.0. The van der Waals surface area contributed by atoms with Crippen LogP contribution in [-0.4, -0.2) is 14.1 Å². The summed E-state index contributed by atoms with van der Waals surface area (Å²) in [7, 11) is -2.10. The molecule has 1 saturated carbocycles. The molecule has 1 N–H and O–H groups in total. The smallest absolute Gasteiger partial charge is 0.215 e. The van der Waals surface area contributed by atoms with Crippen molar-refractivity contribution in [2.75, 3.05) is 0 Å². The molecule has 31 heavy (non-hydrogen) atoms. The Kier molecular flexibility index (Phi) is 8.23. The number of allylic oxidation sites excluding steroid dienone is 2. The van der Waals surface area contributed by atoms with Gasteiger partial charge in [-0.05, 0) is 93.1 Å². The lowest BCUT2D eigenvalue weighted by molar-refractivity contribution is -0.123. The van der Waals surface area contributed by atoms with Gasteiger partial charge in [0.15, 0.2) is 8.24 Å². The second kappa shape index (κ2) is 10.5. The Morgan fingerprint density at radius 3 is 1.94 bits per heavy atom. The van der Waals surface area contributed by atoms with Gasteiger partial charge in [0.25, 0.3) is 0 Å². The van der Waals surface area contributed by atoms with Gasteiger partial charge >= 0.3 is 0 Å². The number of carbonyl (C=O) groups is 1. The number of benzene rings is 1. The lowest BCUT2D eigenvalue weighted by atomic mass is 9.92. The van der Waals surface area contributed by atoms with Gasteiger partial charge in [0.05, 0.1) is 0 Å². The molecule has 0 bridgehead atoms. The number of hydrogen-bond acceptors (Lipinski definition) is 1. The number of fused-ring (bicyclic) bond motifs is 1. The number of nitrogens with one attached hydrogen (secondary N) is 1. The van der Waals surface area contributed by atoms with Crippen LogP contribution in [0.3, 0.4) is 0 Å². The van der Waals surface area contributed by atoms with Crippen LogP contribution in [0.4, 0.5) is 0 Å². The molecule has 0 heterocycles. The Morgan fingerprint density at radius 2 is 1.39 bits per heavy atom. The normalized spacial score (nSPS) is 19.5. The molecule has 2 aliphatic rings. The van der Waals surface area contributed by atoms with E-state index in [0.29, 0.717) is 5.91 Å². The topological polar surface area (TPSA) is 29.1 Å². The predicted octanol–water partition coefficient (Wildman–Crippen LogP) is 7.10. The molecule has 2 aliphatic carbocycles. The van der Waals surface area contributed by atoms with Gasteiger partial charge in [-0.25, -0.2) is 0 Å². The van der Waals surface area contributed by atoms with Crippen molar-refractivity contribution < 1.29 is 4.79 Å². The number of aryl methyl sites for hydroxylation is 1. The standard InChI is InChI=1S/C28H45NOSi/c1-20-18-25-19-21(2)27(23(4)26(25)22(20)3)31(5,6)29-28(30)24-16-14-12-10-8-7-9-11-13-15-17-24/h19,24H,7-18H2,1-6H3,(H,29,30). The van der Waals surface area contributed by atoms with Gasteiger partial charge in [-0.2, -0.15) is 0 Å². The van der Waals surface area contributed by atoms with Gasteiger partial charge in [-0.1, -0.05) is 69.4 Å². The van der Waals surface area contributed by atoms with E-state index in [-0.39, 0.29) is 5.92 Å². The van der Waals surface area contributed by atoms with Crippen molar-refractivity contribution in [2.24, 2.45) is 5.92 Å². The average Bonchev–Trinajstić information content (AvgIpc) is 2.95. The molecule has 0 unspecified atom stereocenters. The second-order valence-corrected chi connectivity index (χ2v) is 14.9. The average molecular weight is 440 g/mol. The van der Waals surface area contributed by atoms with E-state index in [1.807, 2.05) is 0 Å². The molecule has 1 fully saturated rings. The fourth-order valence-electron chi connectivity index (χ4n) is 6.22. The lowest BCUT2D eigenvalue weighted by Gasteiger charge is -2.31. The van der Waals surface area contributed by atoms with Crippen LogP contribution in [0.2, 0.25) is 13.1 Å². The predicted molar refractivity (Wildman–Crippen MR) is 137 cm³/mol. The van der Waals surface area contributed by atoms with Gasteiger partial charge in [-0.15, -0.1) is 0 Å². The SMILES string of the molecule is CC1=C(C)c2c(cc(C)c([Si](C)(C)NC(=O)C3CCCCCCCCCCC3)c2C)C1. The largest absolute Gasteiger partial charge is 0.378 e. The molecule has 1 aromatic rings. The summed E-state index contributed by atoms with van der Waals surface area (Å²) >= 11 is 0. The third kappa shape index (κ3) is 5.72. The Hall–Kier alpha value is -1.35. The lowest BCUT2D eigenvalue weighted by Crippen LogP contribution is -2.60. The van der Waals surface area contributed by atoms with E-state index >= 15 is 0 Å². The number of carbonyl (C=O) groups excluding carboxylic acids is 1. The molecular formula is C28H45NOSi. The summed E-state index contributed by atoms with van der Waals surface area (Å²) in [5.74, 6) is 0.529. The minimum absolute atomic E-state index is 0.199. The van der Waals surface area contributed by atoms with Gasteiger partial charge in [0.1, 0.15) is 0 Å². The summed E-state index contributed by atoms with van der Waals surface area (Å²) in [6.07, 6.45) is 15.1. The van der Waals surface area contributed by atoms with Crippen molar-refractivity contribution in [1.82, 2.24) is 4.98 Å². The third-order valence-electron chi connectivity index (χ3n) is 7.86. The summed E-state index contributed by atoms with van der Waals surface area (Å²) < 4.78 is 0. The van der Waals surface area contributed by atoms with Crippen molar-refractivity contribution in [2.45, 2.75) is 118 Å². The molecule has 0 saturated heterocycles. The highest BCUT2D eigenvalue weighted by atomic mass is 28.3. The van der Waals surface area contributed by atoms with Gasteiger partial charge in [-0.3, -0.25) is 4.79 Å². The molecule has 3 rings (SSSR count). The maximum atomic E-state index is 13.5. The van der Waals surface area contributed by atoms with Crippen LogP contribution < -0.4 is 10.2 Å². The molecule has 172 valence electrons. The first-order chi connectivity index (χ1) is 14.7. The molecule has 1 aromatic carbocycles. The molecule has 0 spiro atoms.